The van der Waals surface area contributed by atoms with Crippen LogP contribution in [0, 0.1) is 5.92 Å². The maximum absolute atomic E-state index is 9.71. The van der Waals surface area contributed by atoms with Crippen molar-refractivity contribution in [3.05, 3.63) is 66.2 Å². The van der Waals surface area contributed by atoms with Gasteiger partial charge in [0.25, 0.3) is 0 Å². The van der Waals surface area contributed by atoms with Gasteiger partial charge in [-0.25, -0.2) is 0 Å². The largest absolute Gasteiger partial charge is 0.396 e. The molecule has 0 heterocycles. The van der Waals surface area contributed by atoms with Gasteiger partial charge < -0.3 is 21.1 Å². The summed E-state index contributed by atoms with van der Waals surface area (Å²) in [6, 6.07) is 20.6. The second-order valence-corrected chi connectivity index (χ2v) is 6.99. The lowest BCUT2D eigenvalue weighted by atomic mass is 10.0. The zero-order valence-electron chi connectivity index (χ0n) is 16.9. The third-order valence-electron chi connectivity index (χ3n) is 4.65. The third kappa shape index (κ3) is 8.06. The first kappa shape index (κ1) is 24.2. The molecule has 0 aromatic heterocycles. The Morgan fingerprint density at radius 3 is 2.04 bits per heavy atom. The molecule has 0 aliphatic carbocycles. The molecule has 2 aromatic carbocycles. The number of hydrogen-bond donors (Lipinski definition) is 4. The van der Waals surface area contributed by atoms with E-state index >= 15 is 0 Å². The second-order valence-electron chi connectivity index (χ2n) is 6.99. The minimum absolute atomic E-state index is 0. The summed E-state index contributed by atoms with van der Waals surface area (Å²) in [5.74, 6) is 1.24. The standard InChI is InChI=1S/C22H32N4O.HI/c1-17(2)21(26-20-12-8-5-9-13-20)15-25-22(23-3)24-14-19(16-27)18-10-6-4-7-11-18;/h4-13,17,19,21,26-27H,14-16H2,1-3H3,(H2,23,24,25);1H. The molecule has 0 fully saturated rings. The zero-order valence-corrected chi connectivity index (χ0v) is 19.3. The van der Waals surface area contributed by atoms with Crippen LogP contribution in [0.5, 0.6) is 0 Å². The van der Waals surface area contributed by atoms with Crippen LogP contribution < -0.4 is 16.0 Å². The van der Waals surface area contributed by atoms with Gasteiger partial charge in [0.1, 0.15) is 0 Å². The maximum atomic E-state index is 9.71. The highest BCUT2D eigenvalue weighted by Crippen LogP contribution is 2.14. The number of hydrogen-bond acceptors (Lipinski definition) is 3. The number of anilines is 1. The van der Waals surface area contributed by atoms with Crippen LogP contribution in [0.15, 0.2) is 65.7 Å². The van der Waals surface area contributed by atoms with Crippen LogP contribution in [-0.2, 0) is 0 Å². The van der Waals surface area contributed by atoms with Gasteiger partial charge in [-0.2, -0.15) is 0 Å². The normalized spacial score (nSPS) is 13.4. The molecule has 0 bridgehead atoms. The van der Waals surface area contributed by atoms with Crippen LogP contribution in [0.1, 0.15) is 25.3 Å². The molecule has 0 saturated carbocycles. The van der Waals surface area contributed by atoms with Gasteiger partial charge in [0, 0.05) is 37.8 Å². The van der Waals surface area contributed by atoms with Gasteiger partial charge in [-0.3, -0.25) is 4.99 Å². The van der Waals surface area contributed by atoms with Crippen LogP contribution in [-0.4, -0.2) is 43.9 Å². The average Bonchev–Trinajstić information content (AvgIpc) is 2.71. The molecule has 4 N–H and O–H groups in total. The van der Waals surface area contributed by atoms with Crippen LogP contribution in [0.4, 0.5) is 5.69 Å². The first-order valence-corrected chi connectivity index (χ1v) is 9.56. The molecule has 2 atom stereocenters. The van der Waals surface area contributed by atoms with Gasteiger partial charge in [-0.05, 0) is 23.6 Å². The highest BCUT2D eigenvalue weighted by atomic mass is 127. The number of para-hydroxylation sites is 1. The van der Waals surface area contributed by atoms with Gasteiger partial charge in [-0.1, -0.05) is 62.4 Å². The summed E-state index contributed by atoms with van der Waals surface area (Å²) in [5.41, 5.74) is 2.24. The van der Waals surface area contributed by atoms with Crippen molar-refractivity contribution in [1.82, 2.24) is 10.6 Å². The number of nitrogens with zero attached hydrogens (tertiary/aromatic N) is 1. The topological polar surface area (TPSA) is 68.7 Å². The van der Waals surface area contributed by atoms with E-state index in [4.69, 9.17) is 0 Å². The number of halogens is 1. The van der Waals surface area contributed by atoms with Gasteiger partial charge in [0.15, 0.2) is 5.96 Å². The molecule has 28 heavy (non-hydrogen) atoms. The minimum Gasteiger partial charge on any atom is -0.396 e. The summed E-state index contributed by atoms with van der Waals surface area (Å²) in [6.45, 7) is 5.88. The van der Waals surface area contributed by atoms with Gasteiger partial charge in [0.2, 0.25) is 0 Å². The van der Waals surface area contributed by atoms with E-state index in [1.54, 1.807) is 7.05 Å². The highest BCUT2D eigenvalue weighted by molar-refractivity contribution is 14.0. The van der Waals surface area contributed by atoms with Crippen LogP contribution in [0.2, 0.25) is 0 Å². The van der Waals surface area contributed by atoms with Crippen molar-refractivity contribution < 1.29 is 5.11 Å². The summed E-state index contributed by atoms with van der Waals surface area (Å²) in [4.78, 5) is 4.31. The van der Waals surface area contributed by atoms with E-state index in [9.17, 15) is 5.11 Å². The molecule has 0 saturated heterocycles. The van der Waals surface area contributed by atoms with Gasteiger partial charge in [0.05, 0.1) is 6.61 Å². The molecule has 2 rings (SSSR count). The minimum atomic E-state index is 0. The lowest BCUT2D eigenvalue weighted by Crippen LogP contribution is -2.46. The van der Waals surface area contributed by atoms with E-state index in [-0.39, 0.29) is 42.5 Å². The SMILES string of the molecule is CN=C(NCC(CO)c1ccccc1)NCC(Nc1ccccc1)C(C)C.I. The number of benzene rings is 2. The predicted molar refractivity (Wildman–Crippen MR) is 130 cm³/mol. The van der Waals surface area contributed by atoms with Crippen molar-refractivity contribution in [3.63, 3.8) is 0 Å². The van der Waals surface area contributed by atoms with E-state index in [1.807, 2.05) is 48.5 Å². The Balaban J connectivity index is 0.00000392. The molecular formula is C22H33IN4O. The van der Waals surface area contributed by atoms with E-state index in [0.29, 0.717) is 12.5 Å². The van der Waals surface area contributed by atoms with E-state index in [1.165, 1.54) is 0 Å². The Bertz CT molecular complexity index is 679. The van der Waals surface area contributed by atoms with Crippen LogP contribution in [0.25, 0.3) is 0 Å². The summed E-state index contributed by atoms with van der Waals surface area (Å²) in [5, 5.41) is 20.0. The fourth-order valence-corrected chi connectivity index (χ4v) is 2.86. The zero-order chi connectivity index (χ0) is 19.5. The smallest absolute Gasteiger partial charge is 0.191 e. The number of aliphatic hydroxyl groups excluding tert-OH is 1. The van der Waals surface area contributed by atoms with Gasteiger partial charge in [-0.15, -0.1) is 24.0 Å². The van der Waals surface area contributed by atoms with E-state index < -0.39 is 0 Å². The predicted octanol–water partition coefficient (Wildman–Crippen LogP) is 3.68. The van der Waals surface area contributed by atoms with Crippen molar-refractivity contribution >= 4 is 35.6 Å². The molecular weight excluding hydrogens is 463 g/mol. The molecule has 0 spiro atoms. The first-order valence-electron chi connectivity index (χ1n) is 9.56. The fraction of sp³-hybridized carbons (Fsp3) is 0.409. The Morgan fingerprint density at radius 2 is 1.50 bits per heavy atom. The van der Waals surface area contributed by atoms with Crippen LogP contribution >= 0.6 is 24.0 Å². The molecule has 5 nitrogen and oxygen atoms in total. The average molecular weight is 496 g/mol. The Kier molecular flexibility index (Phi) is 11.6. The lowest BCUT2D eigenvalue weighted by Gasteiger charge is -2.25. The monoisotopic (exact) mass is 496 g/mol. The summed E-state index contributed by atoms with van der Waals surface area (Å²) >= 11 is 0. The second kappa shape index (κ2) is 13.4. The molecule has 0 aliphatic heterocycles. The van der Waals surface area contributed by atoms with Crippen molar-refractivity contribution in [2.75, 3.05) is 32.1 Å². The summed E-state index contributed by atoms with van der Waals surface area (Å²) in [6.07, 6.45) is 0. The lowest BCUT2D eigenvalue weighted by molar-refractivity contribution is 0.265. The number of guanidine groups is 1. The Labute approximate surface area is 186 Å². The summed E-state index contributed by atoms with van der Waals surface area (Å²) in [7, 11) is 1.76. The molecule has 0 amide bonds. The molecule has 2 aromatic rings. The number of nitrogens with one attached hydrogen (secondary N) is 3. The van der Waals surface area contributed by atoms with Crippen molar-refractivity contribution in [2.45, 2.75) is 25.8 Å². The highest BCUT2D eigenvalue weighted by Gasteiger charge is 2.15. The maximum Gasteiger partial charge on any atom is 0.191 e. The Morgan fingerprint density at radius 1 is 0.929 bits per heavy atom. The van der Waals surface area contributed by atoms with Crippen LogP contribution in [0.3, 0.4) is 0 Å². The molecule has 154 valence electrons. The quantitative estimate of drug-likeness (QED) is 0.243. The number of aliphatic hydroxyl groups is 1. The van der Waals surface area contributed by atoms with Crippen molar-refractivity contribution in [1.29, 1.82) is 0 Å². The Hall–Kier alpha value is -1.80. The molecule has 0 aliphatic rings. The van der Waals surface area contributed by atoms with Crippen molar-refractivity contribution in [2.24, 2.45) is 10.9 Å². The van der Waals surface area contributed by atoms with Gasteiger partial charge >= 0.3 is 0 Å². The molecule has 6 heteroatoms. The fourth-order valence-electron chi connectivity index (χ4n) is 2.86. The molecule has 2 unspecified atom stereocenters. The first-order chi connectivity index (χ1) is 13.1. The molecule has 0 radical (unpaired) electrons. The van der Waals surface area contributed by atoms with E-state index in [0.717, 1.165) is 23.8 Å². The van der Waals surface area contributed by atoms with E-state index in [2.05, 4.69) is 46.9 Å². The number of rotatable bonds is 9. The number of aliphatic imine (C=N–C) groups is 1. The third-order valence-corrected chi connectivity index (χ3v) is 4.65. The van der Waals surface area contributed by atoms with Crippen molar-refractivity contribution in [3.8, 4) is 0 Å². The summed E-state index contributed by atoms with van der Waals surface area (Å²) < 4.78 is 0.